The zero-order valence-electron chi connectivity index (χ0n) is 14.4. The van der Waals surface area contributed by atoms with Crippen LogP contribution in [0, 0.1) is 0 Å². The Kier molecular flexibility index (Phi) is 5.87. The summed E-state index contributed by atoms with van der Waals surface area (Å²) in [5.74, 6) is 0.368. The number of nitrogens with two attached hydrogens (primary N) is 1. The van der Waals surface area contributed by atoms with Gasteiger partial charge in [-0.1, -0.05) is 32.9 Å². The van der Waals surface area contributed by atoms with Gasteiger partial charge in [0.25, 0.3) is 5.91 Å². The highest BCUT2D eigenvalue weighted by atomic mass is 32.2. The van der Waals surface area contributed by atoms with Gasteiger partial charge in [0.05, 0.1) is 12.1 Å². The van der Waals surface area contributed by atoms with E-state index in [1.807, 2.05) is 24.3 Å². The van der Waals surface area contributed by atoms with Crippen molar-refractivity contribution in [1.82, 2.24) is 5.32 Å². The Balaban J connectivity index is 1.81. The molecule has 0 fully saturated rings. The first-order valence-corrected chi connectivity index (χ1v) is 10.1. The van der Waals surface area contributed by atoms with E-state index < -0.39 is 10.0 Å². The van der Waals surface area contributed by atoms with E-state index in [1.165, 1.54) is 17.0 Å². The summed E-state index contributed by atoms with van der Waals surface area (Å²) in [6, 6.07) is 9.11. The van der Waals surface area contributed by atoms with Crippen LogP contribution in [0.25, 0.3) is 0 Å². The first-order chi connectivity index (χ1) is 11.6. The average molecular weight is 383 g/mol. The van der Waals surface area contributed by atoms with Crippen molar-refractivity contribution in [3.8, 4) is 5.75 Å². The van der Waals surface area contributed by atoms with Crippen LogP contribution < -0.4 is 15.2 Å². The average Bonchev–Trinajstić information content (AvgIpc) is 3.01. The van der Waals surface area contributed by atoms with Crippen molar-refractivity contribution in [2.24, 2.45) is 5.14 Å². The number of benzene rings is 1. The van der Waals surface area contributed by atoms with E-state index in [1.54, 1.807) is 0 Å². The molecule has 0 saturated heterocycles. The number of nitrogens with one attached hydrogen (secondary N) is 1. The molecule has 136 valence electrons. The zero-order chi connectivity index (χ0) is 18.7. The van der Waals surface area contributed by atoms with Crippen molar-refractivity contribution < 1.29 is 17.9 Å². The monoisotopic (exact) mass is 382 g/mol. The highest BCUT2D eigenvalue weighted by molar-refractivity contribution is 7.91. The molecule has 0 bridgehead atoms. The lowest BCUT2D eigenvalue weighted by Gasteiger charge is -2.19. The van der Waals surface area contributed by atoms with Gasteiger partial charge < -0.3 is 10.1 Å². The third kappa shape index (κ3) is 5.55. The van der Waals surface area contributed by atoms with Gasteiger partial charge in [0.2, 0.25) is 10.0 Å². The molecule has 1 heterocycles. The van der Waals surface area contributed by atoms with Crippen molar-refractivity contribution >= 4 is 27.3 Å². The molecule has 2 rings (SSSR count). The van der Waals surface area contributed by atoms with Crippen molar-refractivity contribution in [1.29, 1.82) is 0 Å². The highest BCUT2D eigenvalue weighted by Gasteiger charge is 2.15. The van der Waals surface area contributed by atoms with Crippen LogP contribution in [-0.4, -0.2) is 27.5 Å². The van der Waals surface area contributed by atoms with E-state index in [0.29, 0.717) is 13.2 Å². The highest BCUT2D eigenvalue weighted by Crippen LogP contribution is 2.24. The molecular weight excluding hydrogens is 360 g/mol. The summed E-state index contributed by atoms with van der Waals surface area (Å²) < 4.78 is 28.0. The van der Waals surface area contributed by atoms with Gasteiger partial charge >= 0.3 is 0 Å². The summed E-state index contributed by atoms with van der Waals surface area (Å²) in [7, 11) is -3.78. The van der Waals surface area contributed by atoms with Crippen LogP contribution in [0.15, 0.2) is 39.9 Å². The molecule has 0 aliphatic carbocycles. The first-order valence-electron chi connectivity index (χ1n) is 7.70. The molecule has 0 aliphatic rings. The normalized spacial score (nSPS) is 12.0. The summed E-state index contributed by atoms with van der Waals surface area (Å²) in [4.78, 5) is 12.0. The number of carbonyl (C=O) groups is 1. The number of hydrogen-bond acceptors (Lipinski definition) is 5. The number of carbonyl (C=O) groups excluding carboxylic acids is 1. The minimum Gasteiger partial charge on any atom is -0.492 e. The maximum atomic E-state index is 12.0. The molecule has 8 heteroatoms. The molecule has 0 radical (unpaired) electrons. The van der Waals surface area contributed by atoms with Crippen molar-refractivity contribution in [3.05, 3.63) is 46.8 Å². The molecule has 3 N–H and O–H groups in total. The van der Waals surface area contributed by atoms with Gasteiger partial charge in [-0.3, -0.25) is 4.79 Å². The van der Waals surface area contributed by atoms with Crippen LogP contribution in [0.5, 0.6) is 5.75 Å². The second-order valence-electron chi connectivity index (χ2n) is 6.58. The van der Waals surface area contributed by atoms with Gasteiger partial charge in [0.1, 0.15) is 16.6 Å². The summed E-state index contributed by atoms with van der Waals surface area (Å²) in [6.07, 6.45) is 0. The van der Waals surface area contributed by atoms with Gasteiger partial charge in [-0.25, -0.2) is 13.6 Å². The fourth-order valence-electron chi connectivity index (χ4n) is 2.07. The van der Waals surface area contributed by atoms with Gasteiger partial charge in [-0.05, 0) is 29.2 Å². The molecular formula is C17H22N2O4S2. The number of rotatable bonds is 6. The Labute approximate surface area is 152 Å². The van der Waals surface area contributed by atoms with Crippen LogP contribution in [0.4, 0.5) is 0 Å². The second kappa shape index (κ2) is 7.55. The Morgan fingerprint density at radius 1 is 1.24 bits per heavy atom. The van der Waals surface area contributed by atoms with E-state index >= 15 is 0 Å². The molecule has 1 aromatic heterocycles. The molecule has 1 amide bonds. The van der Waals surface area contributed by atoms with Crippen molar-refractivity contribution in [3.63, 3.8) is 0 Å². The molecule has 0 unspecified atom stereocenters. The number of sulfonamides is 1. The number of ether oxygens (including phenoxy) is 1. The molecule has 1 aromatic carbocycles. The third-order valence-corrected chi connectivity index (χ3v) is 5.88. The molecule has 0 spiro atoms. The molecule has 2 aromatic rings. The van der Waals surface area contributed by atoms with Crippen LogP contribution in [0.2, 0.25) is 0 Å². The lowest BCUT2D eigenvalue weighted by molar-refractivity contribution is 0.0947. The van der Waals surface area contributed by atoms with Crippen LogP contribution in [-0.2, 0) is 15.4 Å². The van der Waals surface area contributed by atoms with Crippen LogP contribution in [0.1, 0.15) is 36.7 Å². The number of primary sulfonamides is 1. The maximum absolute atomic E-state index is 12.0. The van der Waals surface area contributed by atoms with Crippen molar-refractivity contribution in [2.45, 2.75) is 30.4 Å². The van der Waals surface area contributed by atoms with Gasteiger partial charge in [0.15, 0.2) is 0 Å². The molecule has 6 nitrogen and oxygen atoms in total. The predicted molar refractivity (Wildman–Crippen MR) is 98.7 cm³/mol. The van der Waals surface area contributed by atoms with Crippen molar-refractivity contribution in [2.75, 3.05) is 13.2 Å². The predicted octanol–water partition coefficient (Wildman–Crippen LogP) is 2.50. The SMILES string of the molecule is CC(C)(C)c1ccc(OCCNC(=O)c2csc(S(N)(=O)=O)c2)cc1. The Hall–Kier alpha value is -1.90. The zero-order valence-corrected chi connectivity index (χ0v) is 16.0. The first kappa shape index (κ1) is 19.4. The largest absolute Gasteiger partial charge is 0.492 e. The lowest BCUT2D eigenvalue weighted by atomic mass is 9.87. The fraction of sp³-hybridized carbons (Fsp3) is 0.353. The molecule has 0 atom stereocenters. The van der Waals surface area contributed by atoms with Crippen LogP contribution >= 0.6 is 11.3 Å². The summed E-state index contributed by atoms with van der Waals surface area (Å²) in [5.41, 5.74) is 1.57. The van der Waals surface area contributed by atoms with E-state index in [9.17, 15) is 13.2 Å². The van der Waals surface area contributed by atoms with E-state index in [-0.39, 0.29) is 21.1 Å². The smallest absolute Gasteiger partial charge is 0.252 e. The summed E-state index contributed by atoms with van der Waals surface area (Å²) >= 11 is 0.919. The van der Waals surface area contributed by atoms with Gasteiger partial charge in [-0.15, -0.1) is 11.3 Å². The Bertz CT molecular complexity index is 834. The number of thiophene rings is 1. The maximum Gasteiger partial charge on any atom is 0.252 e. The number of hydrogen-bond donors (Lipinski definition) is 2. The lowest BCUT2D eigenvalue weighted by Crippen LogP contribution is -2.27. The van der Waals surface area contributed by atoms with E-state index in [4.69, 9.17) is 9.88 Å². The summed E-state index contributed by atoms with van der Waals surface area (Å²) in [6.45, 7) is 7.05. The Morgan fingerprint density at radius 2 is 1.88 bits per heavy atom. The summed E-state index contributed by atoms with van der Waals surface area (Å²) in [5, 5.41) is 9.16. The fourth-order valence-corrected chi connectivity index (χ4v) is 3.66. The standard InChI is InChI=1S/C17H22N2O4S2/c1-17(2,3)13-4-6-14(7-5-13)23-9-8-19-16(20)12-10-15(24-11-12)25(18,21)22/h4-7,10-11H,8-9H2,1-3H3,(H,19,20)(H2,18,21,22). The molecule has 0 saturated carbocycles. The van der Waals surface area contributed by atoms with E-state index in [0.717, 1.165) is 17.1 Å². The van der Waals surface area contributed by atoms with Gasteiger partial charge in [-0.2, -0.15) is 0 Å². The number of amides is 1. The minimum atomic E-state index is -3.78. The second-order valence-corrected chi connectivity index (χ2v) is 9.28. The third-order valence-electron chi connectivity index (χ3n) is 3.49. The Morgan fingerprint density at radius 3 is 2.40 bits per heavy atom. The quantitative estimate of drug-likeness (QED) is 0.750. The van der Waals surface area contributed by atoms with E-state index in [2.05, 4.69) is 26.1 Å². The minimum absolute atomic E-state index is 0.0344. The molecule has 0 aliphatic heterocycles. The molecule has 25 heavy (non-hydrogen) atoms. The van der Waals surface area contributed by atoms with Crippen LogP contribution in [0.3, 0.4) is 0 Å². The van der Waals surface area contributed by atoms with Gasteiger partial charge in [0, 0.05) is 5.38 Å². The topological polar surface area (TPSA) is 98.5 Å².